The minimum atomic E-state index is 0.00547. The molecule has 0 atom stereocenters. The highest BCUT2D eigenvalue weighted by Gasteiger charge is 2.15. The number of nitrogens with zero attached hydrogens (tertiary/aromatic N) is 3. The molecule has 2 heterocycles. The fourth-order valence-corrected chi connectivity index (χ4v) is 3.32. The van der Waals surface area contributed by atoms with Crippen molar-refractivity contribution in [1.82, 2.24) is 14.9 Å². The average Bonchev–Trinajstić information content (AvgIpc) is 2.96. The van der Waals surface area contributed by atoms with E-state index in [9.17, 15) is 4.79 Å². The largest absolute Gasteiger partial charge is 0.360 e. The Labute approximate surface area is 139 Å². The second kappa shape index (κ2) is 6.34. The number of carbonyl (C=O) groups excluding carboxylic acids is 1. The molecule has 2 aromatic heterocycles. The molecule has 23 heavy (non-hydrogen) atoms. The van der Waals surface area contributed by atoms with Crippen molar-refractivity contribution in [3.05, 3.63) is 41.5 Å². The van der Waals surface area contributed by atoms with Gasteiger partial charge in [0, 0.05) is 25.0 Å². The molecule has 1 N–H and O–H groups in total. The Bertz CT molecular complexity index is 842. The van der Waals surface area contributed by atoms with Crippen LogP contribution in [0.1, 0.15) is 5.82 Å². The Morgan fingerprint density at radius 2 is 1.96 bits per heavy atom. The van der Waals surface area contributed by atoms with E-state index in [0.29, 0.717) is 11.6 Å². The van der Waals surface area contributed by atoms with Gasteiger partial charge in [0.15, 0.2) is 0 Å². The number of carbonyl (C=O) groups is 1. The zero-order valence-corrected chi connectivity index (χ0v) is 14.1. The van der Waals surface area contributed by atoms with Crippen LogP contribution >= 0.6 is 11.3 Å². The van der Waals surface area contributed by atoms with E-state index in [1.807, 2.05) is 25.1 Å². The summed E-state index contributed by atoms with van der Waals surface area (Å²) in [7, 11) is 3.48. The van der Waals surface area contributed by atoms with Gasteiger partial charge in [0.05, 0.1) is 11.9 Å². The van der Waals surface area contributed by atoms with E-state index in [4.69, 9.17) is 0 Å². The molecule has 3 rings (SSSR count). The summed E-state index contributed by atoms with van der Waals surface area (Å²) in [5, 5.41) is 6.23. The molecule has 0 aliphatic rings. The van der Waals surface area contributed by atoms with Crippen LogP contribution in [0.4, 0.5) is 5.82 Å². The highest BCUT2D eigenvalue weighted by molar-refractivity contribution is 7.17. The van der Waals surface area contributed by atoms with Crippen LogP contribution < -0.4 is 5.32 Å². The highest BCUT2D eigenvalue weighted by atomic mass is 32.1. The Hall–Kier alpha value is -2.47. The van der Waals surface area contributed by atoms with Crippen molar-refractivity contribution in [2.24, 2.45) is 0 Å². The van der Waals surface area contributed by atoms with E-state index in [1.165, 1.54) is 0 Å². The van der Waals surface area contributed by atoms with Gasteiger partial charge in [0.2, 0.25) is 5.91 Å². The third-order valence-corrected chi connectivity index (χ3v) is 4.41. The lowest BCUT2D eigenvalue weighted by Crippen LogP contribution is -2.28. The summed E-state index contributed by atoms with van der Waals surface area (Å²) in [6.07, 6.45) is 0. The van der Waals surface area contributed by atoms with Crippen molar-refractivity contribution < 1.29 is 4.79 Å². The number of benzene rings is 1. The molecular weight excluding hydrogens is 308 g/mol. The van der Waals surface area contributed by atoms with Crippen molar-refractivity contribution in [2.45, 2.75) is 6.92 Å². The Morgan fingerprint density at radius 3 is 2.65 bits per heavy atom. The Morgan fingerprint density at radius 1 is 1.22 bits per heavy atom. The molecule has 0 saturated heterocycles. The van der Waals surface area contributed by atoms with Gasteiger partial charge in [0.1, 0.15) is 16.5 Å². The Kier molecular flexibility index (Phi) is 4.25. The Balaban J connectivity index is 2.06. The van der Waals surface area contributed by atoms with E-state index in [2.05, 4.69) is 32.8 Å². The van der Waals surface area contributed by atoms with Crippen LogP contribution in [-0.2, 0) is 4.79 Å². The van der Waals surface area contributed by atoms with Crippen LogP contribution in [0, 0.1) is 6.92 Å². The first kappa shape index (κ1) is 15.4. The summed E-state index contributed by atoms with van der Waals surface area (Å²) >= 11 is 1.59. The SMILES string of the molecule is Cc1nc(NCC(=O)N(C)C)c2c(-c3ccccc3)csc2n1. The van der Waals surface area contributed by atoms with Crippen LogP contribution in [0.25, 0.3) is 21.3 Å². The molecule has 0 spiro atoms. The number of hydrogen-bond acceptors (Lipinski definition) is 5. The number of likely N-dealkylation sites (N-methyl/N-ethyl adjacent to an activating group) is 1. The van der Waals surface area contributed by atoms with Crippen molar-refractivity contribution in [1.29, 1.82) is 0 Å². The third-order valence-electron chi connectivity index (χ3n) is 3.54. The first-order valence-electron chi connectivity index (χ1n) is 7.31. The maximum atomic E-state index is 11.9. The monoisotopic (exact) mass is 326 g/mol. The van der Waals surface area contributed by atoms with E-state index in [0.717, 1.165) is 21.3 Å². The van der Waals surface area contributed by atoms with Gasteiger partial charge in [0.25, 0.3) is 0 Å². The number of thiophene rings is 1. The molecule has 0 fully saturated rings. The molecular formula is C17H18N4OS. The molecule has 0 aliphatic carbocycles. The van der Waals surface area contributed by atoms with Gasteiger partial charge in [-0.25, -0.2) is 9.97 Å². The molecule has 1 aromatic carbocycles. The number of aromatic nitrogens is 2. The standard InChI is InChI=1S/C17H18N4OS/c1-11-19-16(18-9-14(22)21(2)3)15-13(10-23-17(15)20-11)12-7-5-4-6-8-12/h4-8,10H,9H2,1-3H3,(H,18,19,20). The van der Waals surface area contributed by atoms with Crippen LogP contribution in [-0.4, -0.2) is 41.4 Å². The first-order chi connectivity index (χ1) is 11.1. The average molecular weight is 326 g/mol. The lowest BCUT2D eigenvalue weighted by molar-refractivity contribution is -0.126. The second-order valence-electron chi connectivity index (χ2n) is 5.46. The highest BCUT2D eigenvalue weighted by Crippen LogP contribution is 2.36. The predicted molar refractivity (Wildman–Crippen MR) is 94.8 cm³/mol. The smallest absolute Gasteiger partial charge is 0.241 e. The number of fused-ring (bicyclic) bond motifs is 1. The summed E-state index contributed by atoms with van der Waals surface area (Å²) in [6.45, 7) is 2.07. The normalized spacial score (nSPS) is 10.7. The molecule has 5 nitrogen and oxygen atoms in total. The van der Waals surface area contributed by atoms with Crippen molar-refractivity contribution >= 4 is 33.3 Å². The minimum Gasteiger partial charge on any atom is -0.360 e. The summed E-state index contributed by atoms with van der Waals surface area (Å²) < 4.78 is 0. The van der Waals surface area contributed by atoms with Crippen LogP contribution in [0.15, 0.2) is 35.7 Å². The van der Waals surface area contributed by atoms with Gasteiger partial charge in [-0.05, 0) is 12.5 Å². The number of nitrogens with one attached hydrogen (secondary N) is 1. The molecule has 0 saturated carbocycles. The maximum absolute atomic E-state index is 11.9. The number of aryl methyl sites for hydroxylation is 1. The summed E-state index contributed by atoms with van der Waals surface area (Å²) in [5.74, 6) is 1.41. The van der Waals surface area contributed by atoms with E-state index >= 15 is 0 Å². The molecule has 0 unspecified atom stereocenters. The van der Waals surface area contributed by atoms with Gasteiger partial charge in [-0.2, -0.15) is 0 Å². The van der Waals surface area contributed by atoms with E-state index < -0.39 is 0 Å². The fraction of sp³-hybridized carbons (Fsp3) is 0.235. The minimum absolute atomic E-state index is 0.00547. The van der Waals surface area contributed by atoms with Gasteiger partial charge < -0.3 is 10.2 Å². The van der Waals surface area contributed by atoms with Gasteiger partial charge in [-0.1, -0.05) is 30.3 Å². The first-order valence-corrected chi connectivity index (χ1v) is 8.19. The third kappa shape index (κ3) is 3.17. The molecule has 0 bridgehead atoms. The van der Waals surface area contributed by atoms with Crippen molar-refractivity contribution in [3.63, 3.8) is 0 Å². The fourth-order valence-electron chi connectivity index (χ4n) is 2.32. The predicted octanol–water partition coefficient (Wildman–Crippen LogP) is 3.17. The van der Waals surface area contributed by atoms with Crippen LogP contribution in [0.2, 0.25) is 0 Å². The summed E-state index contributed by atoms with van der Waals surface area (Å²) in [5.41, 5.74) is 2.21. The van der Waals surface area contributed by atoms with Crippen molar-refractivity contribution in [3.8, 4) is 11.1 Å². The van der Waals surface area contributed by atoms with Gasteiger partial charge in [-0.3, -0.25) is 4.79 Å². The van der Waals surface area contributed by atoms with E-state index in [-0.39, 0.29) is 12.5 Å². The molecule has 0 aliphatic heterocycles. The van der Waals surface area contributed by atoms with Crippen LogP contribution in [0.5, 0.6) is 0 Å². The molecule has 0 radical (unpaired) electrons. The molecule has 118 valence electrons. The van der Waals surface area contributed by atoms with Gasteiger partial charge in [-0.15, -0.1) is 11.3 Å². The van der Waals surface area contributed by atoms with Gasteiger partial charge >= 0.3 is 0 Å². The topological polar surface area (TPSA) is 58.1 Å². The molecule has 6 heteroatoms. The quantitative estimate of drug-likeness (QED) is 0.800. The number of amides is 1. The summed E-state index contributed by atoms with van der Waals surface area (Å²) in [4.78, 5) is 23.4. The molecule has 1 amide bonds. The van der Waals surface area contributed by atoms with Crippen molar-refractivity contribution in [2.75, 3.05) is 26.0 Å². The summed E-state index contributed by atoms with van der Waals surface area (Å²) in [6, 6.07) is 10.1. The number of rotatable bonds is 4. The van der Waals surface area contributed by atoms with Crippen LogP contribution in [0.3, 0.4) is 0 Å². The number of hydrogen-bond donors (Lipinski definition) is 1. The molecule has 3 aromatic rings. The zero-order valence-electron chi connectivity index (χ0n) is 13.3. The number of anilines is 1. The maximum Gasteiger partial charge on any atom is 0.241 e. The van der Waals surface area contributed by atoms with E-state index in [1.54, 1.807) is 30.3 Å². The lowest BCUT2D eigenvalue weighted by atomic mass is 10.1. The second-order valence-corrected chi connectivity index (χ2v) is 6.31. The zero-order chi connectivity index (χ0) is 16.4. The lowest BCUT2D eigenvalue weighted by Gasteiger charge is -2.13.